The van der Waals surface area contributed by atoms with E-state index >= 15 is 0 Å². The average Bonchev–Trinajstić information content (AvgIpc) is 3.65. The van der Waals surface area contributed by atoms with Gasteiger partial charge in [-0.15, -0.1) is 11.6 Å². The SMILES string of the molecule is COC1CCC2C(C1)N(C)C1C2C2(CCN(CC3CC3)CC2)CN(CC2CCC(Cl)CC2)[C@@H]1CO. The van der Waals surface area contributed by atoms with Crippen molar-refractivity contribution in [1.29, 1.82) is 0 Å². The summed E-state index contributed by atoms with van der Waals surface area (Å²) in [7, 11) is 4.29. The largest absolute Gasteiger partial charge is 0.395 e. The zero-order chi connectivity index (χ0) is 24.2. The number of aliphatic hydroxyl groups excluding tert-OH is 1. The molecular weight excluding hydrogens is 458 g/mol. The van der Waals surface area contributed by atoms with E-state index in [1.807, 2.05) is 7.11 Å². The Morgan fingerprint density at radius 3 is 2.29 bits per heavy atom. The lowest BCUT2D eigenvalue weighted by molar-refractivity contribution is -0.102. The van der Waals surface area contributed by atoms with E-state index in [1.54, 1.807) is 0 Å². The van der Waals surface area contributed by atoms with Gasteiger partial charge in [-0.05, 0) is 120 Å². The Kier molecular flexibility index (Phi) is 7.49. The molecule has 1 spiro atoms. The van der Waals surface area contributed by atoms with Crippen molar-refractivity contribution in [3.63, 3.8) is 0 Å². The van der Waals surface area contributed by atoms with Gasteiger partial charge in [-0.3, -0.25) is 9.80 Å². The molecule has 5 unspecified atom stereocenters. The molecule has 3 heterocycles. The fourth-order valence-electron chi connectivity index (χ4n) is 9.53. The van der Waals surface area contributed by atoms with Crippen molar-refractivity contribution in [2.45, 2.75) is 100 Å². The number of alkyl halides is 1. The van der Waals surface area contributed by atoms with E-state index in [-0.39, 0.29) is 6.04 Å². The Morgan fingerprint density at radius 2 is 1.63 bits per heavy atom. The minimum absolute atomic E-state index is 0.278. The highest BCUT2D eigenvalue weighted by Gasteiger charge is 2.63. The van der Waals surface area contributed by atoms with Crippen LogP contribution >= 0.6 is 11.6 Å². The van der Waals surface area contributed by atoms with Gasteiger partial charge in [0, 0.05) is 50.2 Å². The molecule has 6 atom stereocenters. The summed E-state index contributed by atoms with van der Waals surface area (Å²) in [6.07, 6.45) is 14.6. The van der Waals surface area contributed by atoms with Crippen molar-refractivity contribution in [2.75, 3.05) is 53.5 Å². The fraction of sp³-hybridized carbons (Fsp3) is 1.00. The molecule has 200 valence electrons. The molecule has 3 saturated heterocycles. The average molecular weight is 508 g/mol. The molecule has 0 amide bonds. The van der Waals surface area contributed by atoms with Crippen LogP contribution in [0.5, 0.6) is 0 Å². The third-order valence-electron chi connectivity index (χ3n) is 11.6. The summed E-state index contributed by atoms with van der Waals surface area (Å²) in [6.45, 7) is 6.59. The molecule has 0 aromatic heterocycles. The lowest BCUT2D eigenvalue weighted by Crippen LogP contribution is -2.66. The molecule has 0 radical (unpaired) electrons. The number of piperidine rings is 2. The highest BCUT2D eigenvalue weighted by atomic mass is 35.5. The molecular formula is C29H50ClN3O2. The van der Waals surface area contributed by atoms with Gasteiger partial charge < -0.3 is 14.7 Å². The number of ether oxygens (including phenoxy) is 1. The summed E-state index contributed by atoms with van der Waals surface area (Å²) in [5, 5.41) is 11.2. The van der Waals surface area contributed by atoms with Gasteiger partial charge in [0.15, 0.2) is 0 Å². The Bertz CT molecular complexity index is 719. The third-order valence-corrected chi connectivity index (χ3v) is 12.0. The zero-order valence-electron chi connectivity index (χ0n) is 22.3. The van der Waals surface area contributed by atoms with Crippen LogP contribution in [0.15, 0.2) is 0 Å². The Labute approximate surface area is 218 Å². The molecule has 1 N–H and O–H groups in total. The van der Waals surface area contributed by atoms with Gasteiger partial charge in [0.25, 0.3) is 0 Å². The van der Waals surface area contributed by atoms with Crippen molar-refractivity contribution >= 4 is 11.6 Å². The monoisotopic (exact) mass is 507 g/mol. The Hall–Kier alpha value is 0.0900. The number of likely N-dealkylation sites (tertiary alicyclic amines) is 3. The molecule has 6 rings (SSSR count). The van der Waals surface area contributed by atoms with E-state index in [1.165, 1.54) is 96.8 Å². The quantitative estimate of drug-likeness (QED) is 0.549. The molecule has 6 fully saturated rings. The number of fused-ring (bicyclic) bond motifs is 4. The molecule has 35 heavy (non-hydrogen) atoms. The number of aliphatic hydroxyl groups is 1. The predicted octanol–water partition coefficient (Wildman–Crippen LogP) is 4.07. The van der Waals surface area contributed by atoms with Crippen LogP contribution in [0.1, 0.15) is 70.6 Å². The lowest BCUT2D eigenvalue weighted by atomic mass is 9.57. The van der Waals surface area contributed by atoms with Crippen LogP contribution in [0.3, 0.4) is 0 Å². The topological polar surface area (TPSA) is 39.2 Å². The minimum atomic E-state index is 0.278. The van der Waals surface area contributed by atoms with Gasteiger partial charge in [0.1, 0.15) is 0 Å². The van der Waals surface area contributed by atoms with Crippen LogP contribution in [0, 0.1) is 29.1 Å². The van der Waals surface area contributed by atoms with E-state index in [2.05, 4.69) is 21.7 Å². The van der Waals surface area contributed by atoms with E-state index in [9.17, 15) is 5.11 Å². The first-order valence-electron chi connectivity index (χ1n) is 15.0. The molecule has 5 nitrogen and oxygen atoms in total. The number of rotatable bonds is 6. The standard InChI is InChI=1S/C29H50ClN3O2/c1-31-25-15-23(35-2)9-10-24(25)27-28(31)26(18-34)33(17-21-5-7-22(30)8-6-21)19-29(27)11-13-32(14-12-29)16-20-3-4-20/h20-28,34H,3-19H2,1-2H3/t21?,22?,23?,24?,25?,26-,27?,28?/m1/s1. The van der Waals surface area contributed by atoms with Crippen LogP contribution < -0.4 is 0 Å². The van der Waals surface area contributed by atoms with Gasteiger partial charge in [0.05, 0.1) is 12.7 Å². The number of hydrogen-bond acceptors (Lipinski definition) is 5. The number of likely N-dealkylation sites (N-methyl/N-ethyl adjacent to an activating group) is 1. The Morgan fingerprint density at radius 1 is 0.943 bits per heavy atom. The molecule has 6 aliphatic rings. The lowest BCUT2D eigenvalue weighted by Gasteiger charge is -2.58. The maximum atomic E-state index is 10.8. The summed E-state index contributed by atoms with van der Waals surface area (Å²) < 4.78 is 5.87. The van der Waals surface area contributed by atoms with Gasteiger partial charge in [0.2, 0.25) is 0 Å². The van der Waals surface area contributed by atoms with Crippen molar-refractivity contribution < 1.29 is 9.84 Å². The molecule has 6 heteroatoms. The fourth-order valence-corrected chi connectivity index (χ4v) is 9.78. The Balaban J connectivity index is 1.27. The van der Waals surface area contributed by atoms with Gasteiger partial charge >= 0.3 is 0 Å². The maximum absolute atomic E-state index is 10.8. The van der Waals surface area contributed by atoms with Crippen molar-refractivity contribution in [1.82, 2.24) is 14.7 Å². The number of hydrogen-bond donors (Lipinski definition) is 1. The van der Waals surface area contributed by atoms with Crippen LogP contribution in [-0.4, -0.2) is 103 Å². The van der Waals surface area contributed by atoms with Crippen molar-refractivity contribution in [3.05, 3.63) is 0 Å². The van der Waals surface area contributed by atoms with Crippen LogP contribution in [0.2, 0.25) is 0 Å². The highest BCUT2D eigenvalue weighted by Crippen LogP contribution is 2.58. The maximum Gasteiger partial charge on any atom is 0.0602 e. The molecule has 3 aliphatic carbocycles. The van der Waals surface area contributed by atoms with E-state index < -0.39 is 0 Å². The molecule has 0 aromatic rings. The normalized spacial score (nSPS) is 44.9. The summed E-state index contributed by atoms with van der Waals surface area (Å²) in [4.78, 5) is 8.32. The van der Waals surface area contributed by atoms with Crippen LogP contribution in [0.4, 0.5) is 0 Å². The molecule has 3 saturated carbocycles. The molecule has 0 aromatic carbocycles. The summed E-state index contributed by atoms with van der Waals surface area (Å²) in [5.41, 5.74) is 0.410. The second kappa shape index (κ2) is 10.3. The van der Waals surface area contributed by atoms with Gasteiger partial charge in [-0.2, -0.15) is 0 Å². The third kappa shape index (κ3) is 4.85. The summed E-state index contributed by atoms with van der Waals surface area (Å²) in [6, 6.07) is 1.38. The predicted molar refractivity (Wildman–Crippen MR) is 142 cm³/mol. The molecule has 3 aliphatic heterocycles. The minimum Gasteiger partial charge on any atom is -0.395 e. The first kappa shape index (κ1) is 25.4. The van der Waals surface area contributed by atoms with Crippen LogP contribution in [0.25, 0.3) is 0 Å². The highest BCUT2D eigenvalue weighted by molar-refractivity contribution is 6.20. The van der Waals surface area contributed by atoms with Crippen molar-refractivity contribution in [2.24, 2.45) is 29.1 Å². The van der Waals surface area contributed by atoms with E-state index in [4.69, 9.17) is 16.3 Å². The first-order valence-corrected chi connectivity index (χ1v) is 15.4. The first-order chi connectivity index (χ1) is 17.0. The number of nitrogens with zero attached hydrogens (tertiary/aromatic N) is 3. The van der Waals surface area contributed by atoms with E-state index in [0.717, 1.165) is 30.2 Å². The number of halogens is 1. The number of methoxy groups -OCH3 is 1. The smallest absolute Gasteiger partial charge is 0.0602 e. The zero-order valence-corrected chi connectivity index (χ0v) is 23.0. The van der Waals surface area contributed by atoms with Crippen LogP contribution in [-0.2, 0) is 4.74 Å². The summed E-state index contributed by atoms with van der Waals surface area (Å²) in [5.74, 6) is 3.23. The van der Waals surface area contributed by atoms with Crippen molar-refractivity contribution in [3.8, 4) is 0 Å². The summed E-state index contributed by atoms with van der Waals surface area (Å²) >= 11 is 6.46. The van der Waals surface area contributed by atoms with Gasteiger partial charge in [-0.1, -0.05) is 0 Å². The van der Waals surface area contributed by atoms with E-state index in [0.29, 0.717) is 35.6 Å². The molecule has 0 bridgehead atoms. The second-order valence-corrected chi connectivity index (χ2v) is 14.1. The van der Waals surface area contributed by atoms with Gasteiger partial charge in [-0.25, -0.2) is 0 Å². The second-order valence-electron chi connectivity index (χ2n) is 13.5.